The number of nitriles is 1. The number of carbonyl (C=O) groups excluding carboxylic acids is 2. The van der Waals surface area contributed by atoms with Crippen molar-refractivity contribution in [1.82, 2.24) is 9.32 Å². The van der Waals surface area contributed by atoms with Crippen LogP contribution in [-0.4, -0.2) is 52.6 Å². The Morgan fingerprint density at radius 1 is 1.20 bits per heavy atom. The average molecular weight is 431 g/mol. The summed E-state index contributed by atoms with van der Waals surface area (Å²) in [4.78, 5) is 26.3. The van der Waals surface area contributed by atoms with E-state index in [1.165, 1.54) is 0 Å². The van der Waals surface area contributed by atoms with Gasteiger partial charge in [-0.15, -0.1) is 0 Å². The zero-order valence-corrected chi connectivity index (χ0v) is 17.6. The molecular weight excluding hydrogens is 404 g/mol. The summed E-state index contributed by atoms with van der Waals surface area (Å²) < 4.78 is 7.25. The third kappa shape index (κ3) is 4.71. The minimum absolute atomic E-state index is 0.0649. The van der Waals surface area contributed by atoms with Gasteiger partial charge in [-0.05, 0) is 74.3 Å². The Balaban J connectivity index is 1.22. The molecule has 5 atom stereocenters. The van der Waals surface area contributed by atoms with Crippen LogP contribution >= 0.6 is 11.8 Å². The molecule has 2 saturated carbocycles. The van der Waals surface area contributed by atoms with Crippen LogP contribution in [0.5, 0.6) is 0 Å². The second-order valence-electron chi connectivity index (χ2n) is 8.57. The number of benzene rings is 1. The number of amides is 2. The molecule has 0 aromatic heterocycles. The summed E-state index contributed by atoms with van der Waals surface area (Å²) in [7, 11) is 0. The molecular formula is C22H27ClN4O3. The van der Waals surface area contributed by atoms with Crippen LogP contribution in [0.2, 0.25) is 0 Å². The van der Waals surface area contributed by atoms with Gasteiger partial charge in [0, 0.05) is 18.3 Å². The molecule has 8 heteroatoms. The van der Waals surface area contributed by atoms with Crippen LogP contribution in [-0.2, 0) is 9.53 Å². The molecule has 1 aromatic rings. The smallest absolute Gasteiger partial charge is 0.411 e. The predicted octanol–water partition coefficient (Wildman–Crippen LogP) is 3.76. The molecule has 30 heavy (non-hydrogen) atoms. The lowest BCUT2D eigenvalue weighted by Gasteiger charge is -2.26. The molecule has 3 fully saturated rings. The van der Waals surface area contributed by atoms with Crippen molar-refractivity contribution in [3.8, 4) is 6.07 Å². The topological polar surface area (TPSA) is 85.7 Å². The van der Waals surface area contributed by atoms with Crippen LogP contribution in [0.4, 0.5) is 10.5 Å². The second-order valence-corrected chi connectivity index (χ2v) is 9.00. The number of hydrogen-bond acceptors (Lipinski definition) is 5. The van der Waals surface area contributed by atoms with Gasteiger partial charge in [0.05, 0.1) is 12.6 Å². The van der Waals surface area contributed by atoms with Gasteiger partial charge < -0.3 is 9.64 Å². The number of carbonyl (C=O) groups is 2. The van der Waals surface area contributed by atoms with Crippen molar-refractivity contribution in [3.05, 3.63) is 30.3 Å². The van der Waals surface area contributed by atoms with Gasteiger partial charge in [0.15, 0.2) is 0 Å². The Morgan fingerprint density at radius 3 is 2.57 bits per heavy atom. The standard InChI is InChI=1S/C22H27ClN4O3/c23-27(14-21(28)26-8-4-7-18(26)13-24)19-9-15-11-20(12-16(15)10-19)30-22(29)25-17-5-2-1-3-6-17/h1-3,5-6,15-16,18-20H,4,7-12,14H2,(H,25,29)/t15-,16+,18-,19-,20+/m0/s1. The Kier molecular flexibility index (Phi) is 6.45. The number of para-hydroxylation sites is 1. The van der Waals surface area contributed by atoms with Gasteiger partial charge in [-0.1, -0.05) is 18.2 Å². The quantitative estimate of drug-likeness (QED) is 0.719. The molecule has 1 saturated heterocycles. The highest BCUT2D eigenvalue weighted by Gasteiger charge is 2.45. The molecule has 4 rings (SSSR count). The number of likely N-dealkylation sites (tertiary alicyclic amines) is 1. The van der Waals surface area contributed by atoms with Gasteiger partial charge in [-0.3, -0.25) is 10.1 Å². The second kappa shape index (κ2) is 9.23. The van der Waals surface area contributed by atoms with E-state index in [-0.39, 0.29) is 30.6 Å². The monoisotopic (exact) mass is 430 g/mol. The number of fused-ring (bicyclic) bond motifs is 1. The maximum absolute atomic E-state index is 12.5. The normalized spacial score (nSPS) is 30.2. The Hall–Kier alpha value is -2.30. The van der Waals surface area contributed by atoms with E-state index in [0.29, 0.717) is 18.4 Å². The maximum atomic E-state index is 12.5. The van der Waals surface area contributed by atoms with Crippen LogP contribution in [0.3, 0.4) is 0 Å². The Labute approximate surface area is 182 Å². The van der Waals surface area contributed by atoms with Crippen molar-refractivity contribution in [2.45, 2.75) is 56.7 Å². The van der Waals surface area contributed by atoms with E-state index in [1.54, 1.807) is 9.32 Å². The van der Waals surface area contributed by atoms with Crippen LogP contribution in [0, 0.1) is 23.2 Å². The molecule has 1 heterocycles. The molecule has 0 spiro atoms. The third-order valence-electron chi connectivity index (χ3n) is 6.65. The minimum Gasteiger partial charge on any atom is -0.446 e. The van der Waals surface area contributed by atoms with E-state index >= 15 is 0 Å². The first-order chi connectivity index (χ1) is 14.5. The fourth-order valence-corrected chi connectivity index (χ4v) is 5.48. The lowest BCUT2D eigenvalue weighted by atomic mass is 10.0. The van der Waals surface area contributed by atoms with E-state index in [1.807, 2.05) is 30.3 Å². The summed E-state index contributed by atoms with van der Waals surface area (Å²) >= 11 is 6.48. The van der Waals surface area contributed by atoms with E-state index in [2.05, 4.69) is 11.4 Å². The third-order valence-corrected chi connectivity index (χ3v) is 7.04. The molecule has 0 bridgehead atoms. The molecule has 2 amide bonds. The molecule has 2 aliphatic carbocycles. The summed E-state index contributed by atoms with van der Waals surface area (Å²) in [6.45, 7) is 0.783. The number of nitrogens with one attached hydrogen (secondary N) is 1. The van der Waals surface area contributed by atoms with Crippen molar-refractivity contribution >= 4 is 29.5 Å². The summed E-state index contributed by atoms with van der Waals surface area (Å²) in [5.41, 5.74) is 0.722. The summed E-state index contributed by atoms with van der Waals surface area (Å²) in [5, 5.41) is 11.9. The fraction of sp³-hybridized carbons (Fsp3) is 0.591. The number of halogens is 1. The van der Waals surface area contributed by atoms with Gasteiger partial charge in [0.25, 0.3) is 0 Å². The zero-order chi connectivity index (χ0) is 21.1. The number of nitrogens with zero attached hydrogens (tertiary/aromatic N) is 3. The van der Waals surface area contributed by atoms with Crippen molar-refractivity contribution in [2.75, 3.05) is 18.4 Å². The van der Waals surface area contributed by atoms with Crippen LogP contribution < -0.4 is 5.32 Å². The van der Waals surface area contributed by atoms with Gasteiger partial charge in [-0.2, -0.15) is 5.26 Å². The fourth-order valence-electron chi connectivity index (χ4n) is 5.22. The SMILES string of the molecule is N#C[C@@H]1CCCN1C(=O)CN(Cl)[C@H]1C[C@H]2C[C@@H](OC(=O)Nc3ccccc3)C[C@H]2C1. The maximum Gasteiger partial charge on any atom is 0.411 e. The number of hydrogen-bond donors (Lipinski definition) is 1. The van der Waals surface area contributed by atoms with E-state index < -0.39 is 6.09 Å². The highest BCUT2D eigenvalue weighted by Crippen LogP contribution is 2.47. The largest absolute Gasteiger partial charge is 0.446 e. The Bertz CT molecular complexity index is 800. The first-order valence-electron chi connectivity index (χ1n) is 10.7. The molecule has 1 aliphatic heterocycles. The van der Waals surface area contributed by atoms with Crippen molar-refractivity contribution in [3.63, 3.8) is 0 Å². The lowest BCUT2D eigenvalue weighted by molar-refractivity contribution is -0.131. The van der Waals surface area contributed by atoms with Crippen molar-refractivity contribution < 1.29 is 14.3 Å². The van der Waals surface area contributed by atoms with Gasteiger partial charge in [0.1, 0.15) is 12.1 Å². The van der Waals surface area contributed by atoms with Gasteiger partial charge in [0.2, 0.25) is 5.91 Å². The first kappa shape index (κ1) is 21.0. The molecule has 7 nitrogen and oxygen atoms in total. The summed E-state index contributed by atoms with van der Waals surface area (Å²) in [5.74, 6) is 0.851. The van der Waals surface area contributed by atoms with Crippen molar-refractivity contribution in [2.24, 2.45) is 11.8 Å². The van der Waals surface area contributed by atoms with Gasteiger partial charge in [-0.25, -0.2) is 9.21 Å². The van der Waals surface area contributed by atoms with Crippen molar-refractivity contribution in [1.29, 1.82) is 5.26 Å². The number of anilines is 1. The summed E-state index contributed by atoms with van der Waals surface area (Å²) in [6.07, 6.45) is 4.62. The number of rotatable bonds is 5. The van der Waals surface area contributed by atoms with E-state index in [0.717, 1.165) is 44.2 Å². The number of ether oxygens (including phenoxy) is 1. The molecule has 1 N–H and O–H groups in total. The van der Waals surface area contributed by atoms with E-state index in [9.17, 15) is 14.9 Å². The lowest BCUT2D eigenvalue weighted by Crippen LogP contribution is -2.42. The predicted molar refractivity (Wildman–Crippen MR) is 112 cm³/mol. The van der Waals surface area contributed by atoms with Crippen LogP contribution in [0.1, 0.15) is 38.5 Å². The average Bonchev–Trinajstić information content (AvgIpc) is 3.43. The summed E-state index contributed by atoms with van der Waals surface area (Å²) in [6, 6.07) is 11.3. The molecule has 1 aromatic carbocycles. The highest BCUT2D eigenvalue weighted by atomic mass is 35.5. The van der Waals surface area contributed by atoms with Crippen LogP contribution in [0.25, 0.3) is 0 Å². The first-order valence-corrected chi connectivity index (χ1v) is 11.0. The highest BCUT2D eigenvalue weighted by molar-refractivity contribution is 6.14. The zero-order valence-electron chi connectivity index (χ0n) is 16.9. The van der Waals surface area contributed by atoms with Crippen LogP contribution in [0.15, 0.2) is 30.3 Å². The minimum atomic E-state index is -0.412. The molecule has 0 radical (unpaired) electrons. The molecule has 160 valence electrons. The molecule has 0 unspecified atom stereocenters. The van der Waals surface area contributed by atoms with E-state index in [4.69, 9.17) is 16.5 Å². The Morgan fingerprint density at radius 2 is 1.90 bits per heavy atom. The molecule has 3 aliphatic rings. The van der Waals surface area contributed by atoms with Gasteiger partial charge >= 0.3 is 6.09 Å².